The number of aliphatic hydroxyl groups excluding tert-OH is 7. The van der Waals surface area contributed by atoms with Gasteiger partial charge in [0.2, 0.25) is 5.91 Å². The van der Waals surface area contributed by atoms with Gasteiger partial charge in [-0.2, -0.15) is 0 Å². The van der Waals surface area contributed by atoms with Crippen molar-refractivity contribution >= 4 is 5.91 Å². The van der Waals surface area contributed by atoms with E-state index in [0.717, 1.165) is 51.6 Å². The molecule has 18 heteroatoms. The van der Waals surface area contributed by atoms with Crippen LogP contribution in [-0.2, 0) is 47.4 Å². The molecule has 70 heavy (non-hydrogen) atoms. The maximum atomic E-state index is 12.2. The fraction of sp³-hybridized carbons (Fsp3) is 0.865. The van der Waals surface area contributed by atoms with Crippen molar-refractivity contribution in [3.8, 4) is 0 Å². The Morgan fingerprint density at radius 3 is 2.26 bits per heavy atom. The Kier molecular flexibility index (Phi) is 15.9. The zero-order valence-corrected chi connectivity index (χ0v) is 41.7. The van der Waals surface area contributed by atoms with E-state index >= 15 is 0 Å². The first-order chi connectivity index (χ1) is 33.3. The van der Waals surface area contributed by atoms with Crippen LogP contribution in [0.25, 0.3) is 0 Å². The van der Waals surface area contributed by atoms with Gasteiger partial charge in [0.05, 0.1) is 44.2 Å². The zero-order chi connectivity index (χ0) is 50.0. The minimum atomic E-state index is -1.73. The molecule has 8 N–H and O–H groups in total. The fourth-order valence-electron chi connectivity index (χ4n) is 14.8. The van der Waals surface area contributed by atoms with Crippen molar-refractivity contribution in [2.24, 2.45) is 46.3 Å². The average Bonchev–Trinajstić information content (AvgIpc) is 3.79. The number of hydrogen-bond donors (Lipinski definition) is 8. The summed E-state index contributed by atoms with van der Waals surface area (Å²) in [7, 11) is 0. The topological polar surface area (TPSA) is 254 Å². The van der Waals surface area contributed by atoms with Gasteiger partial charge in [-0.25, -0.2) is 0 Å². The van der Waals surface area contributed by atoms with Crippen LogP contribution in [0.15, 0.2) is 36.5 Å². The predicted molar refractivity (Wildman–Crippen MR) is 249 cm³/mol. The predicted octanol–water partition coefficient (Wildman–Crippen LogP) is 2.12. The highest BCUT2D eigenvalue weighted by molar-refractivity contribution is 5.87. The lowest BCUT2D eigenvalue weighted by Crippen LogP contribution is -2.66. The van der Waals surface area contributed by atoms with E-state index in [2.05, 4.69) is 45.7 Å². The first-order valence-electron chi connectivity index (χ1n) is 26.2. The molecular weight excluding hydrogens is 911 g/mol. The summed E-state index contributed by atoms with van der Waals surface area (Å²) in [6, 6.07) is 0. The summed E-state index contributed by atoms with van der Waals surface area (Å²) >= 11 is 0. The summed E-state index contributed by atoms with van der Waals surface area (Å²) < 4.78 is 56.8. The van der Waals surface area contributed by atoms with Crippen molar-refractivity contribution in [1.29, 1.82) is 0 Å². The molecule has 1 unspecified atom stereocenters. The van der Waals surface area contributed by atoms with Gasteiger partial charge in [-0.05, 0) is 106 Å². The molecule has 3 saturated carbocycles. The Morgan fingerprint density at radius 1 is 0.814 bits per heavy atom. The van der Waals surface area contributed by atoms with Crippen molar-refractivity contribution < 1.29 is 83.2 Å². The first kappa shape index (κ1) is 52.9. The van der Waals surface area contributed by atoms with Gasteiger partial charge in [0, 0.05) is 25.0 Å². The number of rotatable bonds is 13. The molecule has 18 nitrogen and oxygen atoms in total. The normalized spacial score (nSPS) is 52.4. The molecule has 0 aromatic carbocycles. The van der Waals surface area contributed by atoms with Gasteiger partial charge in [-0.15, -0.1) is 0 Å². The van der Waals surface area contributed by atoms with E-state index in [1.54, 1.807) is 6.92 Å². The third-order valence-corrected chi connectivity index (χ3v) is 18.7. The summed E-state index contributed by atoms with van der Waals surface area (Å²) in [5.41, 5.74) is 1.49. The molecular formula is C52H81NO17. The van der Waals surface area contributed by atoms with Gasteiger partial charge in [0.1, 0.15) is 61.0 Å². The zero-order valence-electron chi connectivity index (χ0n) is 41.7. The molecule has 1 spiro atoms. The molecule has 8 fully saturated rings. The molecule has 4 aliphatic carbocycles. The molecule has 396 valence electrons. The molecule has 26 atom stereocenters. The summed E-state index contributed by atoms with van der Waals surface area (Å²) in [5.74, 6) is 2.20. The highest BCUT2D eigenvalue weighted by Crippen LogP contribution is 2.70. The quantitative estimate of drug-likeness (QED) is 0.0570. The number of aliphatic hydroxyl groups is 7. The van der Waals surface area contributed by atoms with Gasteiger partial charge in [0.15, 0.2) is 24.7 Å². The van der Waals surface area contributed by atoms with Crippen molar-refractivity contribution in [3.63, 3.8) is 0 Å². The van der Waals surface area contributed by atoms with Crippen molar-refractivity contribution in [2.45, 2.75) is 209 Å². The van der Waals surface area contributed by atoms with E-state index < -0.39 is 105 Å². The van der Waals surface area contributed by atoms with Gasteiger partial charge < -0.3 is 83.7 Å². The number of ether oxygens (including phenoxy) is 9. The van der Waals surface area contributed by atoms with Crippen LogP contribution in [0, 0.1) is 46.3 Å². The minimum Gasteiger partial charge on any atom is -0.394 e. The lowest BCUT2D eigenvalue weighted by Gasteiger charge is -2.58. The van der Waals surface area contributed by atoms with Crippen LogP contribution < -0.4 is 5.32 Å². The molecule has 0 radical (unpaired) electrons. The second kappa shape index (κ2) is 21.0. The van der Waals surface area contributed by atoms with Crippen molar-refractivity contribution in [3.05, 3.63) is 36.5 Å². The summed E-state index contributed by atoms with van der Waals surface area (Å²) in [5, 5.41) is 80.3. The number of allylic oxidation sites excluding steroid dienone is 3. The number of hydrogen-bond acceptors (Lipinski definition) is 17. The number of carbonyl (C=O) groups is 1. The Morgan fingerprint density at radius 2 is 1.54 bits per heavy atom. The van der Waals surface area contributed by atoms with Crippen molar-refractivity contribution in [2.75, 3.05) is 26.4 Å². The number of fused-ring (bicyclic) bond motifs is 7. The lowest BCUT2D eigenvalue weighted by atomic mass is 9.47. The van der Waals surface area contributed by atoms with E-state index in [0.29, 0.717) is 48.3 Å². The van der Waals surface area contributed by atoms with Crippen LogP contribution >= 0.6 is 0 Å². The number of carbonyl (C=O) groups excluding carboxylic acids is 1. The molecule has 1 amide bonds. The Labute approximate surface area is 412 Å². The van der Waals surface area contributed by atoms with E-state index in [9.17, 15) is 40.5 Å². The van der Waals surface area contributed by atoms with Crippen molar-refractivity contribution in [1.82, 2.24) is 5.32 Å². The maximum absolute atomic E-state index is 12.2. The average molecular weight is 992 g/mol. The highest BCUT2D eigenvalue weighted by Gasteiger charge is 2.69. The van der Waals surface area contributed by atoms with Crippen LogP contribution in [0.1, 0.15) is 99.3 Å². The smallest absolute Gasteiger partial charge is 0.244 e. The summed E-state index contributed by atoms with van der Waals surface area (Å²) in [6.07, 6.45) is -5.90. The second-order valence-electron chi connectivity index (χ2n) is 22.8. The SMILES string of the molecule is C=C/C=C/C(=O)NCCO[C@H]1[C@H](O)[C@H](O)[C@@H](O[C@H]2[C@H](O)[C@@H](O[C@H]3O[C@H](C)[C@@H](O)[C@H](O)[C@@H]3O)[C@H](O[C@H]3CC[C@@]4(C)C(=CC[C@H]5C6C[C@@H]7O[C@]8(CC[C@H](C)CO8)[C@@H](C)[C@@H]7[C@@]6(C)CC[C@@H]54)C3)O[C@@H]2CO)O[C@@H]1C. The second-order valence-corrected chi connectivity index (χ2v) is 22.8. The van der Waals surface area contributed by atoms with Crippen LogP contribution in [-0.4, -0.2) is 178 Å². The molecule has 5 saturated heterocycles. The molecule has 0 aromatic heterocycles. The van der Waals surface area contributed by atoms with E-state index in [1.807, 2.05) is 0 Å². The Bertz CT molecular complexity index is 1900. The molecule has 9 aliphatic rings. The van der Waals surface area contributed by atoms with Crippen LogP contribution in [0.4, 0.5) is 0 Å². The lowest BCUT2D eigenvalue weighted by molar-refractivity contribution is -0.389. The monoisotopic (exact) mass is 992 g/mol. The molecule has 0 bridgehead atoms. The standard InChI is InChI=1S/C52H81NO17/c1-8-9-10-36(55)53-19-20-62-44-28(5)65-48(42(60)40(44)58)68-45-35(23-54)67-49(46(43(45)61)69-47-41(59)39(57)38(56)27(4)64-47)66-30-14-16-50(6)29(21-30)11-12-31-32(50)15-17-51(7)33(31)22-34-37(51)26(3)52(70-34)18-13-25(2)24-63-52/h8-11,25-28,30-35,37-49,54,56-61H,1,12-24H2,2-7H3,(H,53,55)/b10-9+/t25-,26-,27+,28+,30-,31+,32-,33?,34-,35+,37-,38+,39-,40+,41-,42-,43-,44+,45+,46+,47+,48+,49+,50-,51-,52+/m0/s1. The van der Waals surface area contributed by atoms with Crippen LogP contribution in [0.5, 0.6) is 0 Å². The van der Waals surface area contributed by atoms with E-state index in [-0.39, 0.29) is 42.1 Å². The largest absolute Gasteiger partial charge is 0.394 e. The molecule has 9 rings (SSSR count). The van der Waals surface area contributed by atoms with Gasteiger partial charge in [-0.1, -0.05) is 58.1 Å². The number of nitrogens with one attached hydrogen (secondary N) is 1. The van der Waals surface area contributed by atoms with Gasteiger partial charge in [-0.3, -0.25) is 4.79 Å². The highest BCUT2D eigenvalue weighted by atomic mass is 16.8. The summed E-state index contributed by atoms with van der Waals surface area (Å²) in [6.45, 7) is 16.5. The first-order valence-corrected chi connectivity index (χ1v) is 26.2. The minimum absolute atomic E-state index is 0.00591. The van der Waals surface area contributed by atoms with Gasteiger partial charge >= 0.3 is 0 Å². The molecule has 5 aliphatic heterocycles. The molecule has 0 aromatic rings. The Hall–Kier alpha value is -1.95. The molecule has 5 heterocycles. The van der Waals surface area contributed by atoms with Gasteiger partial charge in [0.25, 0.3) is 0 Å². The van der Waals surface area contributed by atoms with Crippen LogP contribution in [0.3, 0.4) is 0 Å². The van der Waals surface area contributed by atoms with E-state index in [1.165, 1.54) is 30.7 Å². The van der Waals surface area contributed by atoms with Crippen LogP contribution in [0.2, 0.25) is 0 Å². The maximum Gasteiger partial charge on any atom is 0.244 e. The number of amides is 1. The fourth-order valence-corrected chi connectivity index (χ4v) is 14.8. The third kappa shape index (κ3) is 9.55. The third-order valence-electron chi connectivity index (χ3n) is 18.7. The Balaban J connectivity index is 0.879. The summed E-state index contributed by atoms with van der Waals surface area (Å²) in [4.78, 5) is 11.9. The van der Waals surface area contributed by atoms with E-state index in [4.69, 9.17) is 42.6 Å².